The van der Waals surface area contributed by atoms with E-state index in [1.807, 2.05) is 11.3 Å². The molecule has 0 radical (unpaired) electrons. The third kappa shape index (κ3) is 2.73. The number of carbonyl (C=O) groups is 1. The summed E-state index contributed by atoms with van der Waals surface area (Å²) in [5.74, 6) is 2.50. The summed E-state index contributed by atoms with van der Waals surface area (Å²) in [6, 6.07) is 0. The minimum atomic E-state index is 0.236. The van der Waals surface area contributed by atoms with E-state index in [2.05, 4.69) is 21.8 Å². The number of piperidine rings is 1. The lowest BCUT2D eigenvalue weighted by Crippen LogP contribution is -2.36. The second-order valence-electron chi connectivity index (χ2n) is 7.27. The topological polar surface area (TPSA) is 46.1 Å². The molecule has 0 amide bonds. The van der Waals surface area contributed by atoms with Gasteiger partial charge in [-0.1, -0.05) is 13.3 Å². The van der Waals surface area contributed by atoms with Crippen LogP contribution in [0.3, 0.4) is 0 Å². The fourth-order valence-corrected chi connectivity index (χ4v) is 5.54. The van der Waals surface area contributed by atoms with Crippen LogP contribution in [0.5, 0.6) is 0 Å². The molecule has 2 aromatic heterocycles. The summed E-state index contributed by atoms with van der Waals surface area (Å²) < 4.78 is 0. The van der Waals surface area contributed by atoms with Crippen LogP contribution in [0.25, 0.3) is 10.2 Å². The number of anilines is 1. The van der Waals surface area contributed by atoms with Crippen molar-refractivity contribution >= 4 is 33.2 Å². The van der Waals surface area contributed by atoms with Gasteiger partial charge in [0.25, 0.3) is 0 Å². The summed E-state index contributed by atoms with van der Waals surface area (Å²) in [6.07, 6.45) is 8.54. The Balaban J connectivity index is 1.67. The van der Waals surface area contributed by atoms with Crippen molar-refractivity contribution in [2.75, 3.05) is 18.0 Å². The van der Waals surface area contributed by atoms with Crippen molar-refractivity contribution in [1.82, 2.24) is 9.97 Å². The van der Waals surface area contributed by atoms with E-state index in [9.17, 15) is 4.79 Å². The van der Waals surface area contributed by atoms with Gasteiger partial charge in [0.15, 0.2) is 0 Å². The molecule has 0 bridgehead atoms. The smallest absolute Gasteiger partial charge is 0.141 e. The first-order chi connectivity index (χ1) is 11.7. The van der Waals surface area contributed by atoms with Crippen LogP contribution >= 0.6 is 11.3 Å². The van der Waals surface area contributed by atoms with E-state index < -0.39 is 0 Å². The molecule has 2 aromatic rings. The number of aromatic nitrogens is 2. The third-order valence-corrected chi connectivity index (χ3v) is 7.04. The molecule has 24 heavy (non-hydrogen) atoms. The van der Waals surface area contributed by atoms with Gasteiger partial charge in [0.2, 0.25) is 0 Å². The van der Waals surface area contributed by atoms with E-state index >= 15 is 0 Å². The number of thiophene rings is 1. The van der Waals surface area contributed by atoms with Gasteiger partial charge in [-0.25, -0.2) is 9.97 Å². The van der Waals surface area contributed by atoms with Crippen molar-refractivity contribution in [3.8, 4) is 0 Å². The van der Waals surface area contributed by atoms with Gasteiger partial charge in [0.05, 0.1) is 5.39 Å². The quantitative estimate of drug-likeness (QED) is 0.845. The molecule has 1 saturated heterocycles. The Morgan fingerprint density at radius 1 is 1.29 bits per heavy atom. The van der Waals surface area contributed by atoms with Gasteiger partial charge in [-0.2, -0.15) is 0 Å². The SMILES string of the molecule is CCC1CCc2c(sc3ncnc(N4CCC(C(C)=O)CC4)c23)C1. The molecule has 1 fully saturated rings. The molecule has 1 aliphatic carbocycles. The van der Waals surface area contributed by atoms with Gasteiger partial charge >= 0.3 is 0 Å². The van der Waals surface area contributed by atoms with Crippen molar-refractivity contribution in [3.05, 3.63) is 16.8 Å². The molecule has 2 aliphatic rings. The Hall–Kier alpha value is -1.49. The molecule has 1 atom stereocenters. The standard InChI is InChI=1S/C19H25N3OS/c1-3-13-4-5-15-16(10-13)24-19-17(15)18(20-11-21-19)22-8-6-14(7-9-22)12(2)23/h11,13-14H,3-10H2,1-2H3. The average molecular weight is 343 g/mol. The molecule has 0 N–H and O–H groups in total. The number of ketones is 1. The fraction of sp³-hybridized carbons (Fsp3) is 0.632. The summed E-state index contributed by atoms with van der Waals surface area (Å²) in [6.45, 7) is 5.88. The summed E-state index contributed by atoms with van der Waals surface area (Å²) in [7, 11) is 0. The number of Topliss-reactive ketones (excluding diaryl/α,β-unsaturated/α-hetero) is 1. The van der Waals surface area contributed by atoms with Crippen LogP contribution in [0.1, 0.15) is 50.0 Å². The highest BCUT2D eigenvalue weighted by Crippen LogP contribution is 2.41. The number of nitrogens with zero attached hydrogens (tertiary/aromatic N) is 3. The van der Waals surface area contributed by atoms with Crippen LogP contribution in [0.15, 0.2) is 6.33 Å². The van der Waals surface area contributed by atoms with Gasteiger partial charge in [-0.15, -0.1) is 11.3 Å². The molecule has 1 unspecified atom stereocenters. The first-order valence-corrected chi connectivity index (χ1v) is 9.99. The number of hydrogen-bond donors (Lipinski definition) is 0. The fourth-order valence-electron chi connectivity index (χ4n) is 4.25. The van der Waals surface area contributed by atoms with Crippen LogP contribution in [0.4, 0.5) is 5.82 Å². The van der Waals surface area contributed by atoms with E-state index in [0.29, 0.717) is 5.78 Å². The molecule has 0 saturated carbocycles. The van der Waals surface area contributed by atoms with Gasteiger partial charge in [-0.05, 0) is 50.5 Å². The highest BCUT2D eigenvalue weighted by molar-refractivity contribution is 7.19. The zero-order valence-electron chi connectivity index (χ0n) is 14.5. The van der Waals surface area contributed by atoms with Crippen LogP contribution in [0, 0.1) is 11.8 Å². The second kappa shape index (κ2) is 6.43. The second-order valence-corrected chi connectivity index (χ2v) is 8.35. The first-order valence-electron chi connectivity index (χ1n) is 9.18. The largest absolute Gasteiger partial charge is 0.356 e. The predicted molar refractivity (Wildman–Crippen MR) is 98.8 cm³/mol. The van der Waals surface area contributed by atoms with Gasteiger partial charge in [0.1, 0.15) is 22.8 Å². The Kier molecular flexibility index (Phi) is 4.29. The lowest BCUT2D eigenvalue weighted by molar-refractivity contribution is -0.121. The average Bonchev–Trinajstić information content (AvgIpc) is 2.99. The number of aryl methyl sites for hydroxylation is 1. The van der Waals surface area contributed by atoms with Crippen LogP contribution < -0.4 is 4.90 Å². The summed E-state index contributed by atoms with van der Waals surface area (Å²) in [5.41, 5.74) is 1.50. The van der Waals surface area contributed by atoms with Gasteiger partial charge < -0.3 is 4.90 Å². The molecule has 3 heterocycles. The van der Waals surface area contributed by atoms with Gasteiger partial charge in [-0.3, -0.25) is 4.79 Å². The lowest BCUT2D eigenvalue weighted by atomic mass is 9.86. The minimum absolute atomic E-state index is 0.236. The molecule has 4 nitrogen and oxygen atoms in total. The molecular weight excluding hydrogens is 318 g/mol. The van der Waals surface area contributed by atoms with Crippen LogP contribution in [-0.2, 0) is 17.6 Å². The maximum atomic E-state index is 11.6. The molecule has 128 valence electrons. The monoisotopic (exact) mass is 343 g/mol. The van der Waals surface area contributed by atoms with Crippen LogP contribution in [0.2, 0.25) is 0 Å². The minimum Gasteiger partial charge on any atom is -0.356 e. The Morgan fingerprint density at radius 3 is 2.79 bits per heavy atom. The number of rotatable bonds is 3. The van der Waals surface area contributed by atoms with Crippen molar-refractivity contribution in [1.29, 1.82) is 0 Å². The number of carbonyl (C=O) groups excluding carboxylic acids is 1. The Bertz CT molecular complexity index is 761. The molecule has 1 aliphatic heterocycles. The van der Waals surface area contributed by atoms with Gasteiger partial charge in [0, 0.05) is 23.9 Å². The molecule has 4 rings (SSSR count). The van der Waals surface area contributed by atoms with E-state index in [1.165, 1.54) is 35.1 Å². The Morgan fingerprint density at radius 2 is 2.08 bits per heavy atom. The molecular formula is C19H25N3OS. The normalized spacial score (nSPS) is 21.9. The highest BCUT2D eigenvalue weighted by Gasteiger charge is 2.28. The Labute approximate surface area is 147 Å². The van der Waals surface area contributed by atoms with E-state index in [4.69, 9.17) is 0 Å². The van der Waals surface area contributed by atoms with Crippen molar-refractivity contribution < 1.29 is 4.79 Å². The zero-order valence-corrected chi connectivity index (χ0v) is 15.4. The number of hydrogen-bond acceptors (Lipinski definition) is 5. The van der Waals surface area contributed by atoms with Crippen molar-refractivity contribution in [2.45, 2.75) is 52.4 Å². The highest BCUT2D eigenvalue weighted by atomic mass is 32.1. The van der Waals surface area contributed by atoms with E-state index in [-0.39, 0.29) is 5.92 Å². The number of fused-ring (bicyclic) bond motifs is 3. The predicted octanol–water partition coefficient (Wildman–Crippen LogP) is 4.01. The summed E-state index contributed by atoms with van der Waals surface area (Å²) in [5, 5.41) is 1.30. The van der Waals surface area contributed by atoms with E-state index in [0.717, 1.165) is 48.9 Å². The zero-order chi connectivity index (χ0) is 16.7. The first kappa shape index (κ1) is 16.0. The maximum absolute atomic E-state index is 11.6. The molecule has 0 aromatic carbocycles. The van der Waals surface area contributed by atoms with Crippen molar-refractivity contribution in [2.24, 2.45) is 11.8 Å². The molecule has 0 spiro atoms. The lowest BCUT2D eigenvalue weighted by Gasteiger charge is -2.32. The van der Waals surface area contributed by atoms with E-state index in [1.54, 1.807) is 13.3 Å². The summed E-state index contributed by atoms with van der Waals surface area (Å²) >= 11 is 1.87. The third-order valence-electron chi connectivity index (χ3n) is 5.87. The maximum Gasteiger partial charge on any atom is 0.141 e. The van der Waals surface area contributed by atoms with Crippen molar-refractivity contribution in [3.63, 3.8) is 0 Å². The summed E-state index contributed by atoms with van der Waals surface area (Å²) in [4.78, 5) is 25.9. The van der Waals surface area contributed by atoms with Crippen LogP contribution in [-0.4, -0.2) is 28.8 Å². The molecule has 5 heteroatoms.